The highest BCUT2D eigenvalue weighted by molar-refractivity contribution is 5.66. The van der Waals surface area contributed by atoms with Crippen LogP contribution in [0, 0.1) is 29.0 Å². The predicted molar refractivity (Wildman–Crippen MR) is 111 cm³/mol. The summed E-state index contributed by atoms with van der Waals surface area (Å²) in [6, 6.07) is 15.1. The van der Waals surface area contributed by atoms with Crippen LogP contribution in [0.5, 0.6) is 0 Å². The minimum absolute atomic E-state index is 0.305. The van der Waals surface area contributed by atoms with Gasteiger partial charge < -0.3 is 16.4 Å². The van der Waals surface area contributed by atoms with Crippen molar-refractivity contribution in [3.63, 3.8) is 0 Å². The zero-order chi connectivity index (χ0) is 20.5. The fourth-order valence-corrected chi connectivity index (χ4v) is 2.44. The molecule has 29 heavy (non-hydrogen) atoms. The molecule has 1 heterocycles. The van der Waals surface area contributed by atoms with Gasteiger partial charge in [0.05, 0.1) is 23.4 Å². The van der Waals surface area contributed by atoms with Crippen molar-refractivity contribution in [1.82, 2.24) is 9.97 Å². The van der Waals surface area contributed by atoms with Crippen LogP contribution in [0.2, 0.25) is 0 Å². The largest absolute Gasteiger partial charge is 0.339 e. The van der Waals surface area contributed by atoms with Crippen LogP contribution in [0.3, 0.4) is 0 Å². The number of hydrogen-bond acceptors (Lipinski definition) is 6. The van der Waals surface area contributed by atoms with Crippen molar-refractivity contribution in [2.24, 2.45) is 5.73 Å². The van der Waals surface area contributed by atoms with Crippen molar-refractivity contribution >= 4 is 23.1 Å². The van der Waals surface area contributed by atoms with Crippen LogP contribution in [0.25, 0.3) is 0 Å². The third-order valence-electron chi connectivity index (χ3n) is 3.88. The highest BCUT2D eigenvalue weighted by Crippen LogP contribution is 2.21. The molecule has 0 unspecified atom stereocenters. The van der Waals surface area contributed by atoms with Gasteiger partial charge in [-0.25, -0.2) is 9.37 Å². The zero-order valence-corrected chi connectivity index (χ0v) is 15.6. The summed E-state index contributed by atoms with van der Waals surface area (Å²) in [5.41, 5.74) is 7.98. The highest BCUT2D eigenvalue weighted by Gasteiger charge is 2.08. The molecule has 0 radical (unpaired) electrons. The molecule has 0 aliphatic rings. The van der Waals surface area contributed by atoms with Crippen LogP contribution in [0.15, 0.2) is 54.7 Å². The minimum Gasteiger partial charge on any atom is -0.339 e. The zero-order valence-electron chi connectivity index (χ0n) is 15.6. The van der Waals surface area contributed by atoms with E-state index < -0.39 is 0 Å². The third kappa shape index (κ3) is 5.77. The molecule has 0 aliphatic heterocycles. The van der Waals surface area contributed by atoms with E-state index in [1.54, 1.807) is 42.6 Å². The Balaban J connectivity index is 1.88. The summed E-state index contributed by atoms with van der Waals surface area (Å²) >= 11 is 0. The van der Waals surface area contributed by atoms with Crippen LogP contribution >= 0.6 is 0 Å². The van der Waals surface area contributed by atoms with E-state index in [0.29, 0.717) is 41.5 Å². The lowest BCUT2D eigenvalue weighted by molar-refractivity contribution is 0.628. The average Bonchev–Trinajstić information content (AvgIpc) is 2.73. The molecule has 3 aromatic rings. The van der Waals surface area contributed by atoms with Crippen LogP contribution in [0.4, 0.5) is 27.5 Å². The lowest BCUT2D eigenvalue weighted by Crippen LogP contribution is -2.03. The second kappa shape index (κ2) is 9.84. The monoisotopic (exact) mass is 386 g/mol. The molecule has 144 valence electrons. The Hall–Kier alpha value is -3.94. The summed E-state index contributed by atoms with van der Waals surface area (Å²) in [6.45, 7) is 0.581. The Morgan fingerprint density at radius 3 is 2.62 bits per heavy atom. The maximum atomic E-state index is 13.4. The second-order valence-corrected chi connectivity index (χ2v) is 6.10. The number of halogens is 1. The Morgan fingerprint density at radius 2 is 1.90 bits per heavy atom. The van der Waals surface area contributed by atoms with Gasteiger partial charge in [-0.05, 0) is 55.4 Å². The topological polar surface area (TPSA) is 99.6 Å². The minimum atomic E-state index is -0.353. The average molecular weight is 386 g/mol. The molecule has 0 saturated carbocycles. The van der Waals surface area contributed by atoms with E-state index in [2.05, 4.69) is 38.5 Å². The molecule has 0 amide bonds. The first kappa shape index (κ1) is 19.8. The summed E-state index contributed by atoms with van der Waals surface area (Å²) in [7, 11) is 0. The smallest absolute Gasteiger partial charge is 0.229 e. The van der Waals surface area contributed by atoms with Gasteiger partial charge in [-0.15, -0.1) is 0 Å². The fraction of sp³-hybridized carbons (Fsp3) is 0.136. The number of nitrogens with two attached hydrogens (primary N) is 1. The van der Waals surface area contributed by atoms with Crippen LogP contribution in [-0.2, 0) is 0 Å². The molecule has 1 aromatic heterocycles. The van der Waals surface area contributed by atoms with Crippen molar-refractivity contribution < 1.29 is 4.39 Å². The maximum absolute atomic E-state index is 13.4. The number of benzene rings is 2. The van der Waals surface area contributed by atoms with Crippen LogP contribution < -0.4 is 16.4 Å². The second-order valence-electron chi connectivity index (χ2n) is 6.10. The van der Waals surface area contributed by atoms with Crippen molar-refractivity contribution in [1.29, 1.82) is 5.26 Å². The SMILES string of the molecule is N#Cc1ccc(Nc2nc(Nc3cccc(F)c3)ncc2C#CCCCN)cc1. The maximum Gasteiger partial charge on any atom is 0.229 e. The summed E-state index contributed by atoms with van der Waals surface area (Å²) in [6.07, 6.45) is 3.09. The van der Waals surface area contributed by atoms with Gasteiger partial charge in [0.25, 0.3) is 0 Å². The first-order chi connectivity index (χ1) is 14.2. The standard InChI is InChI=1S/C22H19FN6/c23-18-6-4-7-20(13-18)28-22-26-15-17(5-2-1-3-12-24)21(29-22)27-19-10-8-16(14-25)9-11-19/h4,6-11,13,15H,1,3,12,24H2,(H2,26,27,28,29). The van der Waals surface area contributed by atoms with E-state index in [-0.39, 0.29) is 5.82 Å². The molecule has 0 atom stereocenters. The van der Waals surface area contributed by atoms with E-state index in [1.807, 2.05) is 0 Å². The molecule has 0 bridgehead atoms. The number of rotatable bonds is 6. The number of hydrogen-bond donors (Lipinski definition) is 3. The van der Waals surface area contributed by atoms with Gasteiger partial charge in [0, 0.05) is 17.8 Å². The quantitative estimate of drug-likeness (QED) is 0.436. The van der Waals surface area contributed by atoms with Gasteiger partial charge in [-0.2, -0.15) is 10.2 Å². The normalized spacial score (nSPS) is 9.83. The molecule has 0 aliphatic carbocycles. The Kier molecular flexibility index (Phi) is 6.72. The third-order valence-corrected chi connectivity index (χ3v) is 3.88. The van der Waals surface area contributed by atoms with Crippen molar-refractivity contribution in [2.75, 3.05) is 17.2 Å². The van der Waals surface area contributed by atoms with Crippen molar-refractivity contribution in [3.05, 3.63) is 71.7 Å². The molecule has 0 fully saturated rings. The predicted octanol–water partition coefficient (Wildman–Crippen LogP) is 4.06. The van der Waals surface area contributed by atoms with Gasteiger partial charge in [0.2, 0.25) is 5.95 Å². The van der Waals surface area contributed by atoms with E-state index in [0.717, 1.165) is 12.1 Å². The molecule has 3 rings (SSSR count). The number of unbranched alkanes of at least 4 members (excludes halogenated alkanes) is 1. The van der Waals surface area contributed by atoms with Crippen LogP contribution in [0.1, 0.15) is 24.0 Å². The molecule has 7 heteroatoms. The van der Waals surface area contributed by atoms with E-state index >= 15 is 0 Å². The number of anilines is 4. The molecule has 4 N–H and O–H groups in total. The lowest BCUT2D eigenvalue weighted by atomic mass is 10.2. The highest BCUT2D eigenvalue weighted by atomic mass is 19.1. The van der Waals surface area contributed by atoms with Gasteiger partial charge in [0.15, 0.2) is 5.82 Å². The summed E-state index contributed by atoms with van der Waals surface area (Å²) in [5.74, 6) is 6.57. The molecule has 0 spiro atoms. The lowest BCUT2D eigenvalue weighted by Gasteiger charge is -2.11. The number of nitriles is 1. The molecule has 6 nitrogen and oxygen atoms in total. The molecular formula is C22H19FN6. The van der Waals surface area contributed by atoms with Gasteiger partial charge in [-0.1, -0.05) is 17.9 Å². The fourth-order valence-electron chi connectivity index (χ4n) is 2.44. The first-order valence-electron chi connectivity index (χ1n) is 9.03. The Morgan fingerprint density at radius 1 is 1.07 bits per heavy atom. The first-order valence-corrected chi connectivity index (χ1v) is 9.03. The van der Waals surface area contributed by atoms with Gasteiger partial charge >= 0.3 is 0 Å². The van der Waals surface area contributed by atoms with E-state index in [4.69, 9.17) is 11.0 Å². The van der Waals surface area contributed by atoms with Gasteiger partial charge in [0.1, 0.15) is 5.82 Å². The van der Waals surface area contributed by atoms with Crippen LogP contribution in [-0.4, -0.2) is 16.5 Å². The van der Waals surface area contributed by atoms with E-state index in [1.165, 1.54) is 12.1 Å². The van der Waals surface area contributed by atoms with Gasteiger partial charge in [-0.3, -0.25) is 0 Å². The molecular weight excluding hydrogens is 367 g/mol. The molecule has 2 aromatic carbocycles. The number of aromatic nitrogens is 2. The number of nitrogens with zero attached hydrogens (tertiary/aromatic N) is 3. The van der Waals surface area contributed by atoms with E-state index in [9.17, 15) is 4.39 Å². The van der Waals surface area contributed by atoms with Crippen molar-refractivity contribution in [2.45, 2.75) is 12.8 Å². The van der Waals surface area contributed by atoms with Crippen molar-refractivity contribution in [3.8, 4) is 17.9 Å². The molecule has 0 saturated heterocycles. The Bertz CT molecular complexity index is 1080. The summed E-state index contributed by atoms with van der Waals surface area (Å²) < 4.78 is 13.4. The number of nitrogens with one attached hydrogen (secondary N) is 2. The Labute approximate surface area is 168 Å². The summed E-state index contributed by atoms with van der Waals surface area (Å²) in [4.78, 5) is 8.76. The summed E-state index contributed by atoms with van der Waals surface area (Å²) in [5, 5.41) is 15.1.